The van der Waals surface area contributed by atoms with Crippen LogP contribution in [0.5, 0.6) is 0 Å². The minimum Gasteiger partial charge on any atom is -0.355 e. The predicted octanol–water partition coefficient (Wildman–Crippen LogP) is 0.876. The van der Waals surface area contributed by atoms with E-state index in [0.29, 0.717) is 0 Å². The third kappa shape index (κ3) is 2.44. The van der Waals surface area contributed by atoms with Crippen molar-refractivity contribution < 1.29 is 4.79 Å². The molecule has 1 aliphatic rings. The van der Waals surface area contributed by atoms with Crippen molar-refractivity contribution in [3.05, 3.63) is 24.0 Å². The molecule has 0 saturated carbocycles. The lowest BCUT2D eigenvalue weighted by Gasteiger charge is -2.23. The highest BCUT2D eigenvalue weighted by Crippen LogP contribution is 2.06. The summed E-state index contributed by atoms with van der Waals surface area (Å²) in [5.41, 5.74) is 1.24. The van der Waals surface area contributed by atoms with E-state index in [9.17, 15) is 4.79 Å². The fourth-order valence-electron chi connectivity index (χ4n) is 2.11. The standard InChI is InChI=1S/C12H19N3O/c1-2-15-8-4-5-10(15)9-14-11-6-3-7-13-12(11)16/h4-5,8,11,14H,2-3,6-7,9H2,1H3,(H,13,16). The van der Waals surface area contributed by atoms with E-state index in [1.54, 1.807) is 0 Å². The van der Waals surface area contributed by atoms with Gasteiger partial charge in [0.15, 0.2) is 0 Å². The summed E-state index contributed by atoms with van der Waals surface area (Å²) in [4.78, 5) is 11.5. The van der Waals surface area contributed by atoms with E-state index in [1.165, 1.54) is 5.69 Å². The quantitative estimate of drug-likeness (QED) is 0.792. The lowest BCUT2D eigenvalue weighted by Crippen LogP contribution is -2.48. The van der Waals surface area contributed by atoms with Gasteiger partial charge >= 0.3 is 0 Å². The number of carbonyl (C=O) groups excluding carboxylic acids is 1. The van der Waals surface area contributed by atoms with Gasteiger partial charge in [0.2, 0.25) is 5.91 Å². The monoisotopic (exact) mass is 221 g/mol. The number of hydrogen-bond acceptors (Lipinski definition) is 2. The van der Waals surface area contributed by atoms with Crippen molar-refractivity contribution in [1.82, 2.24) is 15.2 Å². The van der Waals surface area contributed by atoms with Crippen molar-refractivity contribution in [1.29, 1.82) is 0 Å². The van der Waals surface area contributed by atoms with Crippen LogP contribution in [0.4, 0.5) is 0 Å². The molecule has 1 saturated heterocycles. The number of aromatic nitrogens is 1. The van der Waals surface area contributed by atoms with E-state index in [1.807, 2.05) is 6.07 Å². The molecule has 4 nitrogen and oxygen atoms in total. The first-order valence-electron chi connectivity index (χ1n) is 5.96. The van der Waals surface area contributed by atoms with E-state index >= 15 is 0 Å². The molecular formula is C12H19N3O. The van der Waals surface area contributed by atoms with Crippen LogP contribution in [0.3, 0.4) is 0 Å². The van der Waals surface area contributed by atoms with Gasteiger partial charge in [-0.25, -0.2) is 0 Å². The smallest absolute Gasteiger partial charge is 0.237 e. The zero-order valence-corrected chi connectivity index (χ0v) is 9.70. The maximum absolute atomic E-state index is 11.5. The van der Waals surface area contributed by atoms with E-state index in [-0.39, 0.29) is 11.9 Å². The molecule has 1 fully saturated rings. The third-order valence-corrected chi connectivity index (χ3v) is 3.08. The Bertz CT molecular complexity index is 359. The van der Waals surface area contributed by atoms with Crippen LogP contribution in [-0.2, 0) is 17.9 Å². The number of carbonyl (C=O) groups is 1. The van der Waals surface area contributed by atoms with Crippen molar-refractivity contribution in [3.8, 4) is 0 Å². The van der Waals surface area contributed by atoms with Crippen LogP contribution in [0, 0.1) is 0 Å². The van der Waals surface area contributed by atoms with Crippen LogP contribution >= 0.6 is 0 Å². The fourth-order valence-corrected chi connectivity index (χ4v) is 2.11. The van der Waals surface area contributed by atoms with Crippen molar-refractivity contribution in [2.45, 2.75) is 38.9 Å². The zero-order chi connectivity index (χ0) is 11.4. The molecule has 2 rings (SSSR count). The minimum absolute atomic E-state index is 0.0195. The number of nitrogens with one attached hydrogen (secondary N) is 2. The molecule has 1 amide bonds. The fraction of sp³-hybridized carbons (Fsp3) is 0.583. The average Bonchev–Trinajstić information content (AvgIpc) is 2.75. The number of rotatable bonds is 4. The molecule has 1 atom stereocenters. The van der Waals surface area contributed by atoms with Gasteiger partial charge in [-0.2, -0.15) is 0 Å². The topological polar surface area (TPSA) is 46.1 Å². The molecule has 1 aromatic heterocycles. The number of aryl methyl sites for hydroxylation is 1. The van der Waals surface area contributed by atoms with Gasteiger partial charge in [0.05, 0.1) is 6.04 Å². The van der Waals surface area contributed by atoms with Gasteiger partial charge in [-0.1, -0.05) is 0 Å². The maximum Gasteiger partial charge on any atom is 0.237 e. The Morgan fingerprint density at radius 1 is 1.62 bits per heavy atom. The third-order valence-electron chi connectivity index (χ3n) is 3.08. The normalized spacial score (nSPS) is 20.8. The van der Waals surface area contributed by atoms with E-state index in [4.69, 9.17) is 0 Å². The largest absolute Gasteiger partial charge is 0.355 e. The number of hydrogen-bond donors (Lipinski definition) is 2. The molecule has 0 spiro atoms. The summed E-state index contributed by atoms with van der Waals surface area (Å²) in [6.45, 7) is 4.68. The highest BCUT2D eigenvalue weighted by atomic mass is 16.2. The molecule has 0 aliphatic carbocycles. The molecule has 2 heterocycles. The number of amides is 1. The number of piperidine rings is 1. The first-order chi connectivity index (χ1) is 7.81. The summed E-state index contributed by atoms with van der Waals surface area (Å²) in [7, 11) is 0. The predicted molar refractivity (Wildman–Crippen MR) is 63.0 cm³/mol. The molecule has 16 heavy (non-hydrogen) atoms. The summed E-state index contributed by atoms with van der Waals surface area (Å²) in [6.07, 6.45) is 4.08. The summed E-state index contributed by atoms with van der Waals surface area (Å²) in [6, 6.07) is 4.12. The van der Waals surface area contributed by atoms with Gasteiger partial charge in [-0.15, -0.1) is 0 Å². The summed E-state index contributed by atoms with van der Waals surface area (Å²) in [5, 5.41) is 6.20. The van der Waals surface area contributed by atoms with Crippen molar-refractivity contribution in [3.63, 3.8) is 0 Å². The Morgan fingerprint density at radius 2 is 2.50 bits per heavy atom. The first kappa shape index (κ1) is 11.2. The van der Waals surface area contributed by atoms with E-state index < -0.39 is 0 Å². The van der Waals surface area contributed by atoms with E-state index in [0.717, 1.165) is 32.5 Å². The molecule has 0 aromatic carbocycles. The molecule has 0 radical (unpaired) electrons. The van der Waals surface area contributed by atoms with Crippen LogP contribution in [0.1, 0.15) is 25.5 Å². The second kappa shape index (κ2) is 5.16. The zero-order valence-electron chi connectivity index (χ0n) is 9.70. The minimum atomic E-state index is -0.0195. The van der Waals surface area contributed by atoms with Crippen molar-refractivity contribution in [2.75, 3.05) is 6.54 Å². The molecule has 2 N–H and O–H groups in total. The second-order valence-corrected chi connectivity index (χ2v) is 4.15. The van der Waals surface area contributed by atoms with Crippen molar-refractivity contribution in [2.24, 2.45) is 0 Å². The van der Waals surface area contributed by atoms with Crippen molar-refractivity contribution >= 4 is 5.91 Å². The van der Waals surface area contributed by atoms with Crippen LogP contribution in [0.15, 0.2) is 18.3 Å². The Hall–Kier alpha value is -1.29. The molecule has 1 unspecified atom stereocenters. The second-order valence-electron chi connectivity index (χ2n) is 4.15. The van der Waals surface area contributed by atoms with Crippen LogP contribution in [0.25, 0.3) is 0 Å². The van der Waals surface area contributed by atoms with Gasteiger partial charge in [-0.3, -0.25) is 4.79 Å². The van der Waals surface area contributed by atoms with E-state index in [2.05, 4.69) is 34.4 Å². The van der Waals surface area contributed by atoms with Crippen LogP contribution < -0.4 is 10.6 Å². The van der Waals surface area contributed by atoms with Crippen LogP contribution in [-0.4, -0.2) is 23.1 Å². The summed E-state index contributed by atoms with van der Waals surface area (Å²) < 4.78 is 2.19. The highest BCUT2D eigenvalue weighted by molar-refractivity contribution is 5.82. The molecule has 1 aliphatic heterocycles. The highest BCUT2D eigenvalue weighted by Gasteiger charge is 2.21. The molecule has 1 aromatic rings. The Kier molecular flexibility index (Phi) is 3.62. The lowest BCUT2D eigenvalue weighted by atomic mass is 10.1. The van der Waals surface area contributed by atoms with Gasteiger partial charge in [0, 0.05) is 31.5 Å². The molecular weight excluding hydrogens is 202 g/mol. The Morgan fingerprint density at radius 3 is 3.25 bits per heavy atom. The van der Waals surface area contributed by atoms with Gasteiger partial charge in [0.25, 0.3) is 0 Å². The average molecular weight is 221 g/mol. The van der Waals surface area contributed by atoms with Crippen LogP contribution in [0.2, 0.25) is 0 Å². The Balaban J connectivity index is 1.89. The Labute approximate surface area is 96.0 Å². The van der Waals surface area contributed by atoms with Gasteiger partial charge in [0.1, 0.15) is 0 Å². The molecule has 88 valence electrons. The summed E-state index contributed by atoms with van der Waals surface area (Å²) in [5.74, 6) is 0.140. The van der Waals surface area contributed by atoms with Gasteiger partial charge in [-0.05, 0) is 31.9 Å². The first-order valence-corrected chi connectivity index (χ1v) is 5.96. The summed E-state index contributed by atoms with van der Waals surface area (Å²) >= 11 is 0. The van der Waals surface area contributed by atoms with Gasteiger partial charge < -0.3 is 15.2 Å². The molecule has 4 heteroatoms. The number of nitrogens with zero attached hydrogens (tertiary/aromatic N) is 1. The molecule has 0 bridgehead atoms. The lowest BCUT2D eigenvalue weighted by molar-refractivity contribution is -0.124. The maximum atomic E-state index is 11.5. The SMILES string of the molecule is CCn1cccc1CNC1CCCNC1=O.